The van der Waals surface area contributed by atoms with E-state index < -0.39 is 7.30 Å². The summed E-state index contributed by atoms with van der Waals surface area (Å²) in [6.07, 6.45) is 0. The molecule has 23 heavy (non-hydrogen) atoms. The van der Waals surface area contributed by atoms with Crippen molar-refractivity contribution in [2.75, 3.05) is 6.61 Å². The van der Waals surface area contributed by atoms with Gasteiger partial charge in [-0.1, -0.05) is 49.2 Å². The van der Waals surface area contributed by atoms with Crippen LogP contribution in [0.15, 0.2) is 48.5 Å². The quantitative estimate of drug-likeness (QED) is 0.543. The summed E-state index contributed by atoms with van der Waals surface area (Å²) in [7, 11) is -3.03. The van der Waals surface area contributed by atoms with Gasteiger partial charge < -0.3 is 0 Å². The first-order chi connectivity index (χ1) is 10.9. The van der Waals surface area contributed by atoms with Gasteiger partial charge in [0, 0.05) is 0 Å². The second-order valence-corrected chi connectivity index (χ2v) is 8.66. The van der Waals surface area contributed by atoms with Crippen LogP contribution in [0.1, 0.15) is 25.0 Å². The van der Waals surface area contributed by atoms with Crippen LogP contribution < -0.4 is 9.05 Å². The fraction of sp³-hybridized carbons (Fsp3) is 0.333. The summed E-state index contributed by atoms with van der Waals surface area (Å²) in [5.74, 6) is 1.60. The second kappa shape index (κ2) is 8.01. The molecule has 0 aromatic heterocycles. The van der Waals surface area contributed by atoms with Crippen LogP contribution in [0.25, 0.3) is 0 Å². The van der Waals surface area contributed by atoms with Crippen molar-refractivity contribution in [3.8, 4) is 11.5 Å². The number of benzene rings is 2. The molecule has 0 aliphatic heterocycles. The number of hydrogen-bond donors (Lipinski definition) is 0. The average Bonchev–Trinajstić information content (AvgIpc) is 2.50. The van der Waals surface area contributed by atoms with Gasteiger partial charge in [0.1, 0.15) is 6.61 Å². The summed E-state index contributed by atoms with van der Waals surface area (Å²) in [5.41, 5.74) is 2.30. The van der Waals surface area contributed by atoms with E-state index in [1.807, 2.05) is 62.4 Å². The van der Waals surface area contributed by atoms with E-state index in [1.165, 1.54) is 0 Å². The zero-order valence-electron chi connectivity index (χ0n) is 14.0. The minimum atomic E-state index is -3.03. The van der Waals surface area contributed by atoms with E-state index in [0.717, 1.165) is 11.1 Å². The smallest absolute Gasteiger partial charge is 0.264 e. The van der Waals surface area contributed by atoms with E-state index in [1.54, 1.807) is 0 Å². The van der Waals surface area contributed by atoms with Gasteiger partial charge in [0.15, 0.2) is 11.5 Å². The Morgan fingerprint density at radius 3 is 1.57 bits per heavy atom. The molecule has 2 aromatic rings. The molecule has 2 aromatic carbocycles. The highest BCUT2D eigenvalue weighted by Gasteiger charge is 2.48. The lowest BCUT2D eigenvalue weighted by molar-refractivity contribution is 0.227. The molecule has 0 amide bonds. The van der Waals surface area contributed by atoms with Crippen molar-refractivity contribution in [3.05, 3.63) is 59.7 Å². The fourth-order valence-corrected chi connectivity index (χ4v) is 3.77. The zero-order valence-corrected chi connectivity index (χ0v) is 15.6. The van der Waals surface area contributed by atoms with E-state index >= 15 is 0 Å². The van der Waals surface area contributed by atoms with Crippen LogP contribution >= 0.6 is 18.5 Å². The molecule has 0 radical (unpaired) electrons. The number of rotatable bonds is 7. The maximum absolute atomic E-state index is 6.58. The minimum Gasteiger partial charge on any atom is -0.264 e. The third-order valence-electron chi connectivity index (χ3n) is 3.03. The predicted molar refractivity (Wildman–Crippen MR) is 97.2 cm³/mol. The Morgan fingerprint density at radius 1 is 0.826 bits per heavy atom. The van der Waals surface area contributed by atoms with Gasteiger partial charge in [-0.05, 0) is 44.0 Å². The molecule has 0 fully saturated rings. The molecule has 124 valence electrons. The Bertz CT molecular complexity index is 564. The summed E-state index contributed by atoms with van der Waals surface area (Å²) in [6.45, 7) is 8.61. The molecule has 3 nitrogen and oxygen atoms in total. The van der Waals surface area contributed by atoms with Gasteiger partial charge in [0.2, 0.25) is 11.2 Å². The molecule has 0 saturated heterocycles. The number of aryl methyl sites for hydroxylation is 2. The largest absolute Gasteiger partial charge is 0.614 e. The van der Waals surface area contributed by atoms with Crippen LogP contribution in [0.3, 0.4) is 0 Å². The lowest BCUT2D eigenvalue weighted by Gasteiger charge is -2.16. The van der Waals surface area contributed by atoms with Gasteiger partial charge in [-0.15, -0.1) is 4.52 Å². The van der Waals surface area contributed by atoms with Crippen LogP contribution in [-0.2, 0) is 4.52 Å². The maximum Gasteiger partial charge on any atom is 0.614 e. The molecule has 0 aliphatic carbocycles. The summed E-state index contributed by atoms with van der Waals surface area (Å²) >= 11 is 6.58. The monoisotopic (exact) mass is 353 g/mol. The molecular weight excluding hydrogens is 331 g/mol. The molecular formula is C18H23ClO3P+. The Hall–Kier alpha value is -1.28. The first kappa shape index (κ1) is 18.1. The molecule has 0 N–H and O–H groups in total. The fourth-order valence-electron chi connectivity index (χ4n) is 1.76. The Balaban J connectivity index is 2.16. The average molecular weight is 354 g/mol. The van der Waals surface area contributed by atoms with E-state index in [-0.39, 0.29) is 0 Å². The van der Waals surface area contributed by atoms with Crippen molar-refractivity contribution in [1.82, 2.24) is 0 Å². The molecule has 0 unspecified atom stereocenters. The summed E-state index contributed by atoms with van der Waals surface area (Å²) in [4.78, 5) is 0. The molecule has 0 saturated carbocycles. The number of hydrogen-bond acceptors (Lipinski definition) is 3. The highest BCUT2D eigenvalue weighted by molar-refractivity contribution is 7.88. The molecule has 0 heterocycles. The van der Waals surface area contributed by atoms with Gasteiger partial charge in [-0.3, -0.25) is 9.05 Å². The van der Waals surface area contributed by atoms with Gasteiger partial charge in [-0.25, -0.2) is 0 Å². The van der Waals surface area contributed by atoms with Crippen LogP contribution in [-0.4, -0.2) is 6.61 Å². The van der Waals surface area contributed by atoms with E-state index in [9.17, 15) is 0 Å². The zero-order chi connectivity index (χ0) is 16.9. The van der Waals surface area contributed by atoms with Crippen molar-refractivity contribution in [2.45, 2.75) is 27.7 Å². The Labute approximate surface area is 143 Å². The van der Waals surface area contributed by atoms with E-state index in [2.05, 4.69) is 13.8 Å². The van der Waals surface area contributed by atoms with Crippen molar-refractivity contribution in [3.63, 3.8) is 0 Å². The molecule has 0 atom stereocenters. The highest BCUT2D eigenvalue weighted by atomic mass is 35.7. The third kappa shape index (κ3) is 6.02. The lowest BCUT2D eigenvalue weighted by Crippen LogP contribution is -2.11. The van der Waals surface area contributed by atoms with Gasteiger partial charge >= 0.3 is 7.30 Å². The van der Waals surface area contributed by atoms with Crippen molar-refractivity contribution >= 4 is 18.5 Å². The van der Waals surface area contributed by atoms with E-state index in [4.69, 9.17) is 24.8 Å². The highest BCUT2D eigenvalue weighted by Crippen LogP contribution is 2.65. The lowest BCUT2D eigenvalue weighted by atomic mass is 10.2. The SMILES string of the molecule is Cc1ccc(O[P+](Cl)(OCC(C)C)Oc2ccc(C)cc2)cc1. The van der Waals surface area contributed by atoms with Crippen molar-refractivity contribution in [2.24, 2.45) is 5.92 Å². The standard InChI is InChI=1S/C18H23ClO3P/c1-14(2)13-20-23(19,21-17-9-5-15(3)6-10-17)22-18-11-7-16(4)8-12-18/h5-12,14H,13H2,1-4H3/q+1. The first-order valence-corrected chi connectivity index (χ1v) is 10.1. The number of halogens is 1. The normalized spacial score (nSPS) is 11.6. The molecule has 0 bridgehead atoms. The van der Waals surface area contributed by atoms with Crippen LogP contribution in [0.4, 0.5) is 0 Å². The first-order valence-electron chi connectivity index (χ1n) is 7.62. The predicted octanol–water partition coefficient (Wildman–Crippen LogP) is 6.35. The minimum absolute atomic E-state index is 0.330. The second-order valence-electron chi connectivity index (χ2n) is 5.93. The summed E-state index contributed by atoms with van der Waals surface area (Å²) in [6, 6.07) is 15.3. The Kier molecular flexibility index (Phi) is 6.29. The summed E-state index contributed by atoms with van der Waals surface area (Å²) < 4.78 is 17.5. The third-order valence-corrected chi connectivity index (χ3v) is 5.06. The topological polar surface area (TPSA) is 27.7 Å². The molecule has 0 spiro atoms. The molecule has 0 aliphatic rings. The van der Waals surface area contributed by atoms with Gasteiger partial charge in [-0.2, -0.15) is 0 Å². The summed E-state index contributed by atoms with van der Waals surface area (Å²) in [5, 5.41) is 0. The maximum atomic E-state index is 6.58. The van der Waals surface area contributed by atoms with Crippen molar-refractivity contribution in [1.29, 1.82) is 0 Å². The van der Waals surface area contributed by atoms with Crippen LogP contribution in [0.5, 0.6) is 11.5 Å². The van der Waals surface area contributed by atoms with Gasteiger partial charge in [0.25, 0.3) is 0 Å². The molecule has 5 heteroatoms. The van der Waals surface area contributed by atoms with Crippen LogP contribution in [0.2, 0.25) is 0 Å². The van der Waals surface area contributed by atoms with Crippen molar-refractivity contribution < 1.29 is 13.6 Å². The molecule has 2 rings (SSSR count). The van der Waals surface area contributed by atoms with Gasteiger partial charge in [0.05, 0.1) is 0 Å². The van der Waals surface area contributed by atoms with Crippen LogP contribution in [0, 0.1) is 19.8 Å². The van der Waals surface area contributed by atoms with E-state index in [0.29, 0.717) is 24.0 Å². The Morgan fingerprint density at radius 2 is 1.22 bits per heavy atom.